The maximum atomic E-state index is 13.6. The fourth-order valence-corrected chi connectivity index (χ4v) is 4.05. The third kappa shape index (κ3) is 3.32. The van der Waals surface area contributed by atoms with Gasteiger partial charge in [-0.15, -0.1) is 0 Å². The molecule has 3 heterocycles. The van der Waals surface area contributed by atoms with Crippen LogP contribution < -0.4 is 10.9 Å². The van der Waals surface area contributed by atoms with Gasteiger partial charge in [0.2, 0.25) is 0 Å². The first-order chi connectivity index (χ1) is 12.2. The molecule has 0 radical (unpaired) electrons. The van der Waals surface area contributed by atoms with Crippen molar-refractivity contribution in [3.8, 4) is 0 Å². The molecule has 6 heteroatoms. The van der Waals surface area contributed by atoms with Crippen molar-refractivity contribution in [1.82, 2.24) is 15.8 Å². The van der Waals surface area contributed by atoms with Crippen LogP contribution in [0.3, 0.4) is 0 Å². The van der Waals surface area contributed by atoms with Gasteiger partial charge in [0.15, 0.2) is 0 Å². The molecule has 1 aromatic heterocycles. The Labute approximate surface area is 146 Å². The Morgan fingerprint density at radius 1 is 1.24 bits per heavy atom. The summed E-state index contributed by atoms with van der Waals surface area (Å²) in [6, 6.07) is 8.84. The predicted octanol–water partition coefficient (Wildman–Crippen LogP) is 2.53. The van der Waals surface area contributed by atoms with Crippen LogP contribution in [0.4, 0.5) is 4.39 Å². The molecule has 1 aromatic carbocycles. The Balaban J connectivity index is 1.41. The number of furan rings is 1. The maximum Gasteiger partial charge on any atom is 0.257 e. The third-order valence-corrected chi connectivity index (χ3v) is 5.40. The van der Waals surface area contributed by atoms with Gasteiger partial charge in [-0.25, -0.2) is 4.39 Å². The number of hydrogen-bond donors (Lipinski definition) is 2. The van der Waals surface area contributed by atoms with Crippen LogP contribution in [0, 0.1) is 11.7 Å². The van der Waals surface area contributed by atoms with Crippen LogP contribution in [-0.4, -0.2) is 36.5 Å². The smallest absolute Gasteiger partial charge is 0.257 e. The van der Waals surface area contributed by atoms with Crippen molar-refractivity contribution in [2.45, 2.75) is 24.8 Å². The molecule has 0 saturated carbocycles. The van der Waals surface area contributed by atoms with Gasteiger partial charge in [0, 0.05) is 31.6 Å². The Bertz CT molecular complexity index is 726. The lowest BCUT2D eigenvalue weighted by Crippen LogP contribution is -2.45. The van der Waals surface area contributed by atoms with Crippen molar-refractivity contribution < 1.29 is 13.6 Å². The molecule has 2 aliphatic heterocycles. The molecule has 2 fully saturated rings. The minimum absolute atomic E-state index is 0.0337. The lowest BCUT2D eigenvalue weighted by atomic mass is 9.80. The average molecular weight is 343 g/mol. The van der Waals surface area contributed by atoms with E-state index < -0.39 is 0 Å². The van der Waals surface area contributed by atoms with Crippen molar-refractivity contribution >= 4 is 5.91 Å². The van der Waals surface area contributed by atoms with E-state index in [4.69, 9.17) is 4.42 Å². The lowest BCUT2D eigenvalue weighted by Gasteiger charge is -2.36. The van der Waals surface area contributed by atoms with Crippen LogP contribution in [0.1, 0.15) is 34.7 Å². The summed E-state index contributed by atoms with van der Waals surface area (Å²) < 4.78 is 18.6. The molecule has 2 aromatic rings. The van der Waals surface area contributed by atoms with Crippen molar-refractivity contribution in [2.24, 2.45) is 5.92 Å². The minimum atomic E-state index is -0.191. The number of halogens is 1. The lowest BCUT2D eigenvalue weighted by molar-refractivity contribution is 0.0669. The van der Waals surface area contributed by atoms with E-state index in [2.05, 4.69) is 10.9 Å². The molecule has 25 heavy (non-hydrogen) atoms. The number of likely N-dealkylation sites (tertiary alicyclic amines) is 1. The quantitative estimate of drug-likeness (QED) is 0.899. The summed E-state index contributed by atoms with van der Waals surface area (Å²) in [6.45, 7) is 2.27. The molecule has 2 aliphatic rings. The van der Waals surface area contributed by atoms with Crippen LogP contribution in [0.2, 0.25) is 0 Å². The van der Waals surface area contributed by atoms with E-state index in [1.165, 1.54) is 18.6 Å². The van der Waals surface area contributed by atoms with Gasteiger partial charge in [-0.05, 0) is 42.5 Å². The first-order valence-electron chi connectivity index (χ1n) is 8.77. The van der Waals surface area contributed by atoms with Crippen molar-refractivity contribution in [3.63, 3.8) is 0 Å². The summed E-state index contributed by atoms with van der Waals surface area (Å²) in [5, 5.41) is 0. The number of carbonyl (C=O) groups excluding carboxylic acids is 1. The van der Waals surface area contributed by atoms with Crippen LogP contribution in [-0.2, 0) is 0 Å². The van der Waals surface area contributed by atoms with Crippen LogP contribution in [0.15, 0.2) is 47.3 Å². The second-order valence-corrected chi connectivity index (χ2v) is 6.85. The highest BCUT2D eigenvalue weighted by atomic mass is 19.1. The average Bonchev–Trinajstić information content (AvgIpc) is 3.33. The van der Waals surface area contributed by atoms with Gasteiger partial charge in [-0.2, -0.15) is 0 Å². The highest BCUT2D eigenvalue weighted by Crippen LogP contribution is 2.32. The van der Waals surface area contributed by atoms with E-state index in [9.17, 15) is 9.18 Å². The van der Waals surface area contributed by atoms with E-state index in [0.717, 1.165) is 38.0 Å². The van der Waals surface area contributed by atoms with E-state index in [1.807, 2.05) is 11.0 Å². The number of nitrogens with one attached hydrogen (secondary N) is 2. The van der Waals surface area contributed by atoms with Gasteiger partial charge in [0.1, 0.15) is 12.1 Å². The molecule has 5 nitrogen and oxygen atoms in total. The molecular weight excluding hydrogens is 321 g/mol. The number of carbonyl (C=O) groups is 1. The van der Waals surface area contributed by atoms with Gasteiger partial charge < -0.3 is 9.32 Å². The summed E-state index contributed by atoms with van der Waals surface area (Å²) in [7, 11) is 0. The Kier molecular flexibility index (Phi) is 4.55. The molecule has 132 valence electrons. The van der Waals surface area contributed by atoms with E-state index in [-0.39, 0.29) is 23.7 Å². The molecule has 2 unspecified atom stereocenters. The molecule has 0 aliphatic carbocycles. The third-order valence-electron chi connectivity index (χ3n) is 5.40. The normalized spacial score (nSPS) is 24.6. The Morgan fingerprint density at radius 2 is 2.08 bits per heavy atom. The standard InChI is InChI=1S/C19H22FN3O2/c20-16-3-1-2-14(10-16)17-11-21-22-18(17)13-4-7-23(8-5-13)19(24)15-6-9-25-12-15/h1-3,6,9-10,12-13,17-18,21-22H,4-5,7-8,11H2. The van der Waals surface area contributed by atoms with Crippen molar-refractivity contribution in [3.05, 3.63) is 59.8 Å². The van der Waals surface area contributed by atoms with Gasteiger partial charge in [0.05, 0.1) is 11.8 Å². The first-order valence-corrected chi connectivity index (χ1v) is 8.77. The van der Waals surface area contributed by atoms with Crippen LogP contribution in [0.25, 0.3) is 0 Å². The topological polar surface area (TPSA) is 57.5 Å². The molecule has 2 saturated heterocycles. The zero-order valence-electron chi connectivity index (χ0n) is 14.0. The number of piperidine rings is 1. The van der Waals surface area contributed by atoms with E-state index >= 15 is 0 Å². The van der Waals surface area contributed by atoms with Crippen LogP contribution >= 0.6 is 0 Å². The zero-order chi connectivity index (χ0) is 17.2. The molecule has 1 amide bonds. The minimum Gasteiger partial charge on any atom is -0.472 e. The maximum absolute atomic E-state index is 13.6. The number of hydrazine groups is 1. The number of nitrogens with zero attached hydrogens (tertiary/aromatic N) is 1. The second-order valence-electron chi connectivity index (χ2n) is 6.85. The summed E-state index contributed by atoms with van der Waals surface area (Å²) in [4.78, 5) is 14.3. The van der Waals surface area contributed by atoms with Gasteiger partial charge in [0.25, 0.3) is 5.91 Å². The number of hydrogen-bond acceptors (Lipinski definition) is 4. The highest BCUT2D eigenvalue weighted by molar-refractivity contribution is 5.93. The largest absolute Gasteiger partial charge is 0.472 e. The predicted molar refractivity (Wildman–Crippen MR) is 91.4 cm³/mol. The summed E-state index contributed by atoms with van der Waals surface area (Å²) in [5.74, 6) is 0.545. The number of rotatable bonds is 3. The second kappa shape index (κ2) is 6.98. The van der Waals surface area contributed by atoms with E-state index in [1.54, 1.807) is 18.2 Å². The summed E-state index contributed by atoms with van der Waals surface area (Å²) in [5.41, 5.74) is 8.24. The number of benzene rings is 1. The molecule has 4 rings (SSSR count). The van der Waals surface area contributed by atoms with Gasteiger partial charge in [-0.1, -0.05) is 12.1 Å². The van der Waals surface area contributed by atoms with Crippen molar-refractivity contribution in [1.29, 1.82) is 0 Å². The summed E-state index contributed by atoms with van der Waals surface area (Å²) >= 11 is 0. The first kappa shape index (κ1) is 16.3. The molecule has 0 spiro atoms. The highest BCUT2D eigenvalue weighted by Gasteiger charge is 2.37. The SMILES string of the molecule is O=C(c1ccoc1)N1CCC(C2NNCC2c2cccc(F)c2)CC1. The molecule has 0 bridgehead atoms. The monoisotopic (exact) mass is 343 g/mol. The van der Waals surface area contributed by atoms with Gasteiger partial charge >= 0.3 is 0 Å². The fraction of sp³-hybridized carbons (Fsp3) is 0.421. The Morgan fingerprint density at radius 3 is 2.80 bits per heavy atom. The van der Waals surface area contributed by atoms with Crippen molar-refractivity contribution in [2.75, 3.05) is 19.6 Å². The van der Waals surface area contributed by atoms with Gasteiger partial charge in [-0.3, -0.25) is 15.6 Å². The fourth-order valence-electron chi connectivity index (χ4n) is 4.05. The zero-order valence-corrected chi connectivity index (χ0v) is 14.0. The van der Waals surface area contributed by atoms with Crippen LogP contribution in [0.5, 0.6) is 0 Å². The van der Waals surface area contributed by atoms with E-state index in [0.29, 0.717) is 11.5 Å². The summed E-state index contributed by atoms with van der Waals surface area (Å²) in [6.07, 6.45) is 4.90. The molecule has 2 N–H and O–H groups in total. The molecule has 2 atom stereocenters. The number of amides is 1. The molecular formula is C19H22FN3O2. The Hall–Kier alpha value is -2.18.